The Morgan fingerprint density at radius 1 is 0.984 bits per heavy atom. The van der Waals surface area contributed by atoms with Gasteiger partial charge in [-0.3, -0.25) is 14.7 Å². The quantitative estimate of drug-likeness (QED) is 0.0643. The Morgan fingerprint density at radius 2 is 1.71 bits per heavy atom. The minimum Gasteiger partial charge on any atom is -0.497 e. The fraction of sp³-hybridized carbons (Fsp3) is 0.245. The van der Waals surface area contributed by atoms with Crippen molar-refractivity contribution in [2.75, 3.05) is 20.3 Å². The average Bonchev–Trinajstić information content (AvgIpc) is 3.27. The van der Waals surface area contributed by atoms with Crippen LogP contribution in [-0.2, 0) is 40.3 Å². The lowest BCUT2D eigenvalue weighted by Gasteiger charge is -2.37. The van der Waals surface area contributed by atoms with E-state index in [4.69, 9.17) is 52.6 Å². The Labute approximate surface area is 376 Å². The highest BCUT2D eigenvalue weighted by molar-refractivity contribution is 6.42. The van der Waals surface area contributed by atoms with Gasteiger partial charge in [-0.15, -0.1) is 0 Å². The van der Waals surface area contributed by atoms with Crippen LogP contribution in [0.1, 0.15) is 45.2 Å². The maximum atomic E-state index is 14.2. The molecule has 4 aromatic carbocycles. The van der Waals surface area contributed by atoms with Gasteiger partial charge in [0.05, 0.1) is 23.2 Å². The number of pyridine rings is 1. The molecule has 2 aliphatic heterocycles. The van der Waals surface area contributed by atoms with E-state index in [0.29, 0.717) is 69.0 Å². The van der Waals surface area contributed by atoms with Crippen LogP contribution in [0.4, 0.5) is 0 Å². The smallest absolute Gasteiger partial charge is 0.326 e. The third-order valence-electron chi connectivity index (χ3n) is 10.9. The maximum Gasteiger partial charge on any atom is 0.326 e. The van der Waals surface area contributed by atoms with Gasteiger partial charge in [0.1, 0.15) is 42.3 Å². The maximum absolute atomic E-state index is 14.2. The number of ether oxygens (including phenoxy) is 5. The highest BCUT2D eigenvalue weighted by atomic mass is 35.5. The molecule has 1 aromatic heterocycles. The number of carbonyl (C=O) groups is 2. The van der Waals surface area contributed by atoms with Crippen molar-refractivity contribution in [1.29, 1.82) is 0 Å². The molecule has 326 valence electrons. The van der Waals surface area contributed by atoms with Gasteiger partial charge in [0.2, 0.25) is 5.91 Å². The number of hydrogen-bond donors (Lipinski definition) is 3. The minimum absolute atomic E-state index is 0.0581. The van der Waals surface area contributed by atoms with Gasteiger partial charge in [-0.1, -0.05) is 66.2 Å². The number of aromatic nitrogens is 1. The minimum atomic E-state index is -1.20. The summed E-state index contributed by atoms with van der Waals surface area (Å²) < 4.78 is 29.9. The van der Waals surface area contributed by atoms with E-state index in [1.54, 1.807) is 66.9 Å². The van der Waals surface area contributed by atoms with Crippen LogP contribution in [0.15, 0.2) is 127 Å². The molecular formula is C49H48Cl2N4O8. The highest BCUT2D eigenvalue weighted by Gasteiger charge is 2.36. The lowest BCUT2D eigenvalue weighted by atomic mass is 9.92. The summed E-state index contributed by atoms with van der Waals surface area (Å²) in [6, 6.07) is 23.9. The van der Waals surface area contributed by atoms with Crippen molar-refractivity contribution in [3.05, 3.63) is 177 Å². The summed E-state index contributed by atoms with van der Waals surface area (Å²) in [6.45, 7) is 8.80. The van der Waals surface area contributed by atoms with Gasteiger partial charge >= 0.3 is 5.97 Å². The molecule has 0 bridgehead atoms. The highest BCUT2D eigenvalue weighted by Crippen LogP contribution is 2.41. The number of benzene rings is 4. The number of carboxylic acids is 1. The van der Waals surface area contributed by atoms with Crippen LogP contribution in [0.25, 0.3) is 0 Å². The number of aliphatic carboxylic acids is 1. The number of nitrogens with one attached hydrogen (secondary N) is 1. The first-order valence-corrected chi connectivity index (χ1v) is 21.0. The van der Waals surface area contributed by atoms with E-state index in [1.165, 1.54) is 7.11 Å². The number of carbonyl (C=O) groups excluding carboxylic acids is 1. The SMILES string of the molecule is C=C(/C=C\C=C(/N)CN1Cc2cc3c(cc2CC1C(=O)NC(Cc1ccc(Oc2ccnc(C)c2C)cc1)C(=O)O)OC[C@H](c1ccc(OCc2ccc(Cl)c(Cl)c2)cc1)O3)OC. The van der Waals surface area contributed by atoms with E-state index in [2.05, 4.69) is 16.9 Å². The fourth-order valence-electron chi connectivity index (χ4n) is 7.26. The van der Waals surface area contributed by atoms with Crippen molar-refractivity contribution in [1.82, 2.24) is 15.2 Å². The number of aryl methyl sites for hydroxylation is 1. The molecule has 3 atom stereocenters. The largest absolute Gasteiger partial charge is 0.497 e. The van der Waals surface area contributed by atoms with E-state index in [1.807, 2.05) is 61.2 Å². The van der Waals surface area contributed by atoms with Crippen LogP contribution >= 0.6 is 23.2 Å². The molecule has 63 heavy (non-hydrogen) atoms. The standard InChI is InChI=1S/C49H48Cl2N4O8/c1-29(59-4)6-5-7-37(52)26-55-25-36-24-46-45(61-28-47(63-46)34-11-15-38(16-12-34)60-27-33-10-17-40(50)41(51)20-33)23-35(36)22-43(55)48(56)54-42(49(57)58)21-32-8-13-39(14-9-32)62-44-18-19-53-31(3)30(44)2/h5-20,23-24,42-43,47H,1,21-22,25-28,52H2,2-4H3,(H,54,56)(H,57,58)/b6-5-,37-7-/t42?,43?,47-/m1/s1. The molecule has 0 spiro atoms. The molecular weight excluding hydrogens is 843 g/mol. The van der Waals surface area contributed by atoms with E-state index in [9.17, 15) is 14.7 Å². The Kier molecular flexibility index (Phi) is 14.3. The van der Waals surface area contributed by atoms with Crippen LogP contribution in [0.2, 0.25) is 10.0 Å². The Morgan fingerprint density at radius 3 is 2.44 bits per heavy atom. The van der Waals surface area contributed by atoms with Crippen molar-refractivity contribution in [3.63, 3.8) is 0 Å². The number of methoxy groups -OCH3 is 1. The number of allylic oxidation sites excluding steroid dienone is 3. The van der Waals surface area contributed by atoms with Crippen molar-refractivity contribution >= 4 is 35.1 Å². The number of halogens is 2. The fourth-order valence-corrected chi connectivity index (χ4v) is 7.58. The van der Waals surface area contributed by atoms with Crippen LogP contribution in [0, 0.1) is 13.8 Å². The first-order chi connectivity index (χ1) is 30.3. The zero-order valence-corrected chi connectivity index (χ0v) is 36.6. The summed E-state index contributed by atoms with van der Waals surface area (Å²) in [6.07, 6.45) is 6.77. The Bertz CT molecular complexity index is 2540. The summed E-state index contributed by atoms with van der Waals surface area (Å²) in [7, 11) is 1.52. The lowest BCUT2D eigenvalue weighted by molar-refractivity contribution is -0.142. The summed E-state index contributed by atoms with van der Waals surface area (Å²) >= 11 is 12.2. The summed E-state index contributed by atoms with van der Waals surface area (Å²) in [5.74, 6) is 1.96. The van der Waals surface area contributed by atoms with Crippen LogP contribution in [0.3, 0.4) is 0 Å². The number of nitrogens with zero attached hydrogens (tertiary/aromatic N) is 2. The van der Waals surface area contributed by atoms with Crippen LogP contribution < -0.4 is 30.0 Å². The average molecular weight is 892 g/mol. The molecule has 3 heterocycles. The Balaban J connectivity index is 1.05. The van der Waals surface area contributed by atoms with Crippen LogP contribution in [-0.4, -0.2) is 59.2 Å². The number of carboxylic acid groups (broad SMARTS) is 1. The third-order valence-corrected chi connectivity index (χ3v) is 11.7. The summed E-state index contributed by atoms with van der Waals surface area (Å²) in [4.78, 5) is 33.0. The van der Waals surface area contributed by atoms with E-state index >= 15 is 0 Å². The number of hydrogen-bond acceptors (Lipinski definition) is 10. The monoisotopic (exact) mass is 890 g/mol. The summed E-state index contributed by atoms with van der Waals surface area (Å²) in [5.41, 5.74) is 13.1. The molecule has 1 amide bonds. The molecule has 4 N–H and O–H groups in total. The van der Waals surface area contributed by atoms with Gasteiger partial charge in [-0.25, -0.2) is 4.79 Å². The predicted molar refractivity (Wildman–Crippen MR) is 242 cm³/mol. The zero-order chi connectivity index (χ0) is 44.6. The number of amides is 1. The van der Waals surface area contributed by atoms with Crippen molar-refractivity contribution in [3.8, 4) is 28.7 Å². The molecule has 12 nitrogen and oxygen atoms in total. The van der Waals surface area contributed by atoms with E-state index in [-0.39, 0.29) is 32.1 Å². The second-order valence-corrected chi connectivity index (χ2v) is 16.2. The first-order valence-electron chi connectivity index (χ1n) is 20.3. The van der Waals surface area contributed by atoms with Crippen molar-refractivity contribution in [2.45, 2.75) is 58.0 Å². The van der Waals surface area contributed by atoms with Crippen LogP contribution in [0.5, 0.6) is 28.7 Å². The molecule has 2 aliphatic rings. The molecule has 7 rings (SSSR count). The second-order valence-electron chi connectivity index (χ2n) is 15.4. The van der Waals surface area contributed by atoms with Gasteiger partial charge < -0.3 is 39.8 Å². The number of nitrogens with two attached hydrogens (primary N) is 1. The van der Waals surface area contributed by atoms with Gasteiger partial charge in [-0.05, 0) is 115 Å². The molecule has 14 heteroatoms. The zero-order valence-electron chi connectivity index (χ0n) is 35.1. The molecule has 0 radical (unpaired) electrons. The van der Waals surface area contributed by atoms with Gasteiger partial charge in [0.15, 0.2) is 17.6 Å². The lowest BCUT2D eigenvalue weighted by Crippen LogP contribution is -2.55. The molecule has 0 saturated carbocycles. The molecule has 2 unspecified atom stereocenters. The van der Waals surface area contributed by atoms with Crippen molar-refractivity contribution in [2.24, 2.45) is 5.73 Å². The number of rotatable bonds is 16. The second kappa shape index (κ2) is 20.1. The first kappa shape index (κ1) is 44.6. The summed E-state index contributed by atoms with van der Waals surface area (Å²) in [5, 5.41) is 14.1. The van der Waals surface area contributed by atoms with Gasteiger partial charge in [0, 0.05) is 42.7 Å². The van der Waals surface area contributed by atoms with Crippen molar-refractivity contribution < 1.29 is 38.4 Å². The normalized spacial score (nSPS) is 16.5. The topological polar surface area (TPSA) is 155 Å². The molecule has 0 saturated heterocycles. The number of fused-ring (bicyclic) bond motifs is 2. The predicted octanol–water partition coefficient (Wildman–Crippen LogP) is 8.99. The van der Waals surface area contributed by atoms with Gasteiger partial charge in [-0.2, -0.15) is 0 Å². The van der Waals surface area contributed by atoms with E-state index < -0.39 is 24.0 Å². The molecule has 0 fully saturated rings. The third kappa shape index (κ3) is 11.3. The van der Waals surface area contributed by atoms with Gasteiger partial charge in [0.25, 0.3) is 0 Å². The van der Waals surface area contributed by atoms with E-state index in [0.717, 1.165) is 33.5 Å². The Hall–Kier alpha value is -6.47. The molecule has 0 aliphatic carbocycles. The molecule has 5 aromatic rings.